The van der Waals surface area contributed by atoms with Crippen LogP contribution >= 0.6 is 22.9 Å². The number of likely N-dealkylation sites (N-methyl/N-ethyl adjacent to an activating group) is 1. The molecule has 0 aromatic carbocycles. The molecular formula is C12H17ClN2O2S. The fraction of sp³-hybridized carbons (Fsp3) is 0.583. The van der Waals surface area contributed by atoms with Crippen LogP contribution in [0.4, 0.5) is 0 Å². The highest BCUT2D eigenvalue weighted by Gasteiger charge is 2.33. The first kappa shape index (κ1) is 13.8. The van der Waals surface area contributed by atoms with E-state index >= 15 is 0 Å². The fourth-order valence-electron chi connectivity index (χ4n) is 2.16. The van der Waals surface area contributed by atoms with E-state index in [1.54, 1.807) is 19.2 Å². The Kier molecular flexibility index (Phi) is 4.61. The van der Waals surface area contributed by atoms with Crippen molar-refractivity contribution in [3.8, 4) is 0 Å². The minimum absolute atomic E-state index is 0.0447. The molecule has 0 saturated carbocycles. The fourth-order valence-corrected chi connectivity index (χ4v) is 3.11. The molecule has 2 rings (SSSR count). The Hall–Kier alpha value is -0.620. The van der Waals surface area contributed by atoms with E-state index in [2.05, 4.69) is 17.1 Å². The van der Waals surface area contributed by atoms with Crippen LogP contribution in [0.15, 0.2) is 12.1 Å². The topological polar surface area (TPSA) is 41.6 Å². The molecule has 0 bridgehead atoms. The van der Waals surface area contributed by atoms with Gasteiger partial charge in [-0.15, -0.1) is 11.3 Å². The predicted molar refractivity (Wildman–Crippen MR) is 73.5 cm³/mol. The summed E-state index contributed by atoms with van der Waals surface area (Å²) in [5.74, 6) is -0.0723. The van der Waals surface area contributed by atoms with Crippen LogP contribution in [-0.4, -0.2) is 49.7 Å². The second-order valence-electron chi connectivity index (χ2n) is 4.31. The molecule has 1 aromatic rings. The molecule has 0 spiro atoms. The van der Waals surface area contributed by atoms with Gasteiger partial charge in [-0.3, -0.25) is 9.69 Å². The summed E-state index contributed by atoms with van der Waals surface area (Å²) in [4.78, 5) is 14.9. The average molecular weight is 289 g/mol. The molecule has 1 fully saturated rings. The van der Waals surface area contributed by atoms with Crippen molar-refractivity contribution in [2.45, 2.75) is 19.1 Å². The lowest BCUT2D eigenvalue weighted by Crippen LogP contribution is -2.43. The van der Waals surface area contributed by atoms with Crippen molar-refractivity contribution < 1.29 is 9.53 Å². The summed E-state index contributed by atoms with van der Waals surface area (Å²) >= 11 is 7.12. The van der Waals surface area contributed by atoms with Gasteiger partial charge in [0.2, 0.25) is 0 Å². The van der Waals surface area contributed by atoms with Crippen molar-refractivity contribution in [1.82, 2.24) is 10.2 Å². The quantitative estimate of drug-likeness (QED) is 0.919. The summed E-state index contributed by atoms with van der Waals surface area (Å²) in [6, 6.07) is 3.53. The van der Waals surface area contributed by atoms with Gasteiger partial charge < -0.3 is 10.1 Å². The van der Waals surface area contributed by atoms with E-state index in [1.165, 1.54) is 11.3 Å². The van der Waals surface area contributed by atoms with Crippen LogP contribution in [0.25, 0.3) is 0 Å². The van der Waals surface area contributed by atoms with Gasteiger partial charge in [0.1, 0.15) is 0 Å². The summed E-state index contributed by atoms with van der Waals surface area (Å²) in [6.07, 6.45) is 0.0596. The molecule has 2 atom stereocenters. The molecule has 1 amide bonds. The van der Waals surface area contributed by atoms with E-state index < -0.39 is 0 Å². The third-order valence-electron chi connectivity index (χ3n) is 3.21. The summed E-state index contributed by atoms with van der Waals surface area (Å²) in [7, 11) is 1.69. The van der Waals surface area contributed by atoms with Crippen molar-refractivity contribution >= 4 is 28.8 Å². The number of carbonyl (C=O) groups excluding carboxylic acids is 1. The second kappa shape index (κ2) is 6.02. The number of halogens is 1. The Bertz CT molecular complexity index is 424. The van der Waals surface area contributed by atoms with Crippen LogP contribution in [0.5, 0.6) is 0 Å². The van der Waals surface area contributed by atoms with E-state index in [-0.39, 0.29) is 18.1 Å². The van der Waals surface area contributed by atoms with Gasteiger partial charge in [0.25, 0.3) is 5.91 Å². The number of hydrogen-bond donors (Lipinski definition) is 1. The maximum atomic E-state index is 12.0. The van der Waals surface area contributed by atoms with Gasteiger partial charge in [0.05, 0.1) is 21.4 Å². The molecule has 1 saturated heterocycles. The first-order valence-electron chi connectivity index (χ1n) is 5.95. The van der Waals surface area contributed by atoms with Crippen molar-refractivity contribution in [2.75, 3.05) is 26.7 Å². The largest absolute Gasteiger partial charge is 0.378 e. The van der Waals surface area contributed by atoms with Crippen molar-refractivity contribution in [2.24, 2.45) is 0 Å². The standard InChI is InChI=1S/C12H17ClN2O2S/c1-3-15-6-8(9(7-15)17-2)14-12(16)10-4-5-11(13)18-10/h4-5,8-9H,3,6-7H2,1-2H3,(H,14,16)/t8-,9-/m0/s1. The zero-order valence-corrected chi connectivity index (χ0v) is 12.1. The van der Waals surface area contributed by atoms with Crippen LogP contribution in [0.2, 0.25) is 4.34 Å². The Morgan fingerprint density at radius 3 is 2.94 bits per heavy atom. The molecule has 0 aliphatic carbocycles. The number of methoxy groups -OCH3 is 1. The van der Waals surface area contributed by atoms with Crippen LogP contribution in [-0.2, 0) is 4.74 Å². The molecule has 1 aliphatic heterocycles. The minimum atomic E-state index is -0.0723. The minimum Gasteiger partial charge on any atom is -0.378 e. The molecule has 6 heteroatoms. The number of hydrogen-bond acceptors (Lipinski definition) is 4. The van der Waals surface area contributed by atoms with Crippen LogP contribution in [0, 0.1) is 0 Å². The lowest BCUT2D eigenvalue weighted by molar-refractivity contribution is 0.0765. The van der Waals surface area contributed by atoms with Gasteiger partial charge in [-0.25, -0.2) is 0 Å². The monoisotopic (exact) mass is 288 g/mol. The van der Waals surface area contributed by atoms with Gasteiger partial charge in [-0.1, -0.05) is 18.5 Å². The third-order valence-corrected chi connectivity index (χ3v) is 4.44. The van der Waals surface area contributed by atoms with Gasteiger partial charge in [0, 0.05) is 20.2 Å². The van der Waals surface area contributed by atoms with E-state index in [9.17, 15) is 4.79 Å². The maximum absolute atomic E-state index is 12.0. The molecule has 1 aromatic heterocycles. The third kappa shape index (κ3) is 3.03. The molecule has 100 valence electrons. The smallest absolute Gasteiger partial charge is 0.261 e. The molecule has 0 radical (unpaired) electrons. The number of nitrogens with zero attached hydrogens (tertiary/aromatic N) is 1. The van der Waals surface area contributed by atoms with Crippen LogP contribution in [0.1, 0.15) is 16.6 Å². The lowest BCUT2D eigenvalue weighted by Gasteiger charge is -2.17. The molecule has 0 unspecified atom stereocenters. The number of carbonyl (C=O) groups is 1. The number of nitrogens with one attached hydrogen (secondary N) is 1. The summed E-state index contributed by atoms with van der Waals surface area (Å²) in [6.45, 7) is 4.77. The number of likely N-dealkylation sites (tertiary alicyclic amines) is 1. The highest BCUT2D eigenvalue weighted by atomic mass is 35.5. The number of rotatable bonds is 4. The highest BCUT2D eigenvalue weighted by molar-refractivity contribution is 7.17. The first-order chi connectivity index (χ1) is 8.63. The number of ether oxygens (including phenoxy) is 1. The molecule has 2 heterocycles. The molecule has 18 heavy (non-hydrogen) atoms. The van der Waals surface area contributed by atoms with Crippen molar-refractivity contribution in [3.63, 3.8) is 0 Å². The Morgan fingerprint density at radius 1 is 1.61 bits per heavy atom. The van der Waals surface area contributed by atoms with Crippen molar-refractivity contribution in [1.29, 1.82) is 0 Å². The predicted octanol–water partition coefficient (Wildman–Crippen LogP) is 1.85. The number of thiophene rings is 1. The summed E-state index contributed by atoms with van der Waals surface area (Å²) in [5, 5.41) is 3.02. The summed E-state index contributed by atoms with van der Waals surface area (Å²) in [5.41, 5.74) is 0. The van der Waals surface area contributed by atoms with Gasteiger partial charge >= 0.3 is 0 Å². The number of amides is 1. The zero-order valence-electron chi connectivity index (χ0n) is 10.5. The SMILES string of the molecule is CCN1C[C@H](NC(=O)c2ccc(Cl)s2)[C@@H](OC)C1. The Labute approximate surface area is 116 Å². The molecule has 1 N–H and O–H groups in total. The summed E-state index contributed by atoms with van der Waals surface area (Å²) < 4.78 is 6.05. The molecule has 4 nitrogen and oxygen atoms in total. The molecular weight excluding hydrogens is 272 g/mol. The van der Waals surface area contributed by atoms with Gasteiger partial charge in [0.15, 0.2) is 0 Å². The van der Waals surface area contributed by atoms with Gasteiger partial charge in [-0.05, 0) is 18.7 Å². The highest BCUT2D eigenvalue weighted by Crippen LogP contribution is 2.22. The first-order valence-corrected chi connectivity index (χ1v) is 7.14. The lowest BCUT2D eigenvalue weighted by atomic mass is 10.2. The zero-order chi connectivity index (χ0) is 13.1. The van der Waals surface area contributed by atoms with Crippen LogP contribution in [0.3, 0.4) is 0 Å². The normalized spacial score (nSPS) is 24.4. The van der Waals surface area contributed by atoms with E-state index in [1.807, 2.05) is 0 Å². The second-order valence-corrected chi connectivity index (χ2v) is 6.03. The van der Waals surface area contributed by atoms with Gasteiger partial charge in [-0.2, -0.15) is 0 Å². The van der Waals surface area contributed by atoms with Crippen molar-refractivity contribution in [3.05, 3.63) is 21.3 Å². The Balaban J connectivity index is 1.98. The Morgan fingerprint density at radius 2 is 2.39 bits per heavy atom. The maximum Gasteiger partial charge on any atom is 0.261 e. The van der Waals surface area contributed by atoms with E-state index in [4.69, 9.17) is 16.3 Å². The average Bonchev–Trinajstić information content (AvgIpc) is 2.95. The van der Waals surface area contributed by atoms with Crippen LogP contribution < -0.4 is 5.32 Å². The van der Waals surface area contributed by atoms with E-state index in [0.29, 0.717) is 9.21 Å². The van der Waals surface area contributed by atoms with E-state index in [0.717, 1.165) is 19.6 Å². The molecule has 1 aliphatic rings.